The van der Waals surface area contributed by atoms with Crippen LogP contribution in [-0.2, 0) is 0 Å². The third-order valence-corrected chi connectivity index (χ3v) is 4.20. The summed E-state index contributed by atoms with van der Waals surface area (Å²) in [5.74, 6) is -0.143. The van der Waals surface area contributed by atoms with E-state index in [1.54, 1.807) is 18.3 Å². The lowest BCUT2D eigenvalue weighted by atomic mass is 10.2. The van der Waals surface area contributed by atoms with Gasteiger partial charge in [0.05, 0.1) is 11.6 Å². The summed E-state index contributed by atoms with van der Waals surface area (Å²) in [6, 6.07) is 5.26. The van der Waals surface area contributed by atoms with Crippen molar-refractivity contribution in [1.82, 2.24) is 10.3 Å². The predicted molar refractivity (Wildman–Crippen MR) is 79.4 cm³/mol. The van der Waals surface area contributed by atoms with E-state index in [-0.39, 0.29) is 11.9 Å². The largest absolute Gasteiger partial charge is 0.343 e. The van der Waals surface area contributed by atoms with E-state index in [1.165, 1.54) is 11.3 Å². The van der Waals surface area contributed by atoms with E-state index in [0.29, 0.717) is 10.5 Å². The highest BCUT2D eigenvalue weighted by atomic mass is 79.9. The molecule has 94 valence electrons. The molecule has 2 rings (SSSR count). The van der Waals surface area contributed by atoms with Crippen LogP contribution in [0, 0.1) is 0 Å². The van der Waals surface area contributed by atoms with E-state index in [9.17, 15) is 4.79 Å². The van der Waals surface area contributed by atoms with E-state index < -0.39 is 0 Å². The smallest absolute Gasteiger partial charge is 0.252 e. The van der Waals surface area contributed by atoms with Gasteiger partial charge in [0.25, 0.3) is 5.91 Å². The Morgan fingerprint density at radius 1 is 1.56 bits per heavy atom. The quantitative estimate of drug-likeness (QED) is 0.835. The van der Waals surface area contributed by atoms with Gasteiger partial charge in [-0.15, -0.1) is 24.0 Å². The zero-order valence-corrected chi connectivity index (χ0v) is 12.8. The van der Waals surface area contributed by atoms with Crippen LogP contribution < -0.4 is 5.32 Å². The molecule has 0 fully saturated rings. The molecule has 1 amide bonds. The Hall–Kier alpha value is -0.850. The summed E-state index contributed by atoms with van der Waals surface area (Å²) in [6.07, 6.45) is 1.73. The van der Waals surface area contributed by atoms with Crippen molar-refractivity contribution in [1.29, 1.82) is 0 Å². The van der Waals surface area contributed by atoms with Crippen molar-refractivity contribution in [2.75, 3.05) is 0 Å². The first-order chi connectivity index (χ1) is 8.58. The summed E-state index contributed by atoms with van der Waals surface area (Å²) in [6.45, 7) is 1.91. The van der Waals surface area contributed by atoms with Gasteiger partial charge in [0.15, 0.2) is 0 Å². The molecule has 0 aliphatic rings. The molecule has 1 aromatic heterocycles. The van der Waals surface area contributed by atoms with Gasteiger partial charge in [-0.25, -0.2) is 4.98 Å². The van der Waals surface area contributed by atoms with Gasteiger partial charge in [-0.2, -0.15) is 0 Å². The molecule has 6 heteroatoms. The number of benzene rings is 1. The molecule has 3 nitrogen and oxygen atoms in total. The van der Waals surface area contributed by atoms with Crippen molar-refractivity contribution < 1.29 is 4.79 Å². The van der Waals surface area contributed by atoms with Crippen molar-refractivity contribution >= 4 is 45.8 Å². The first-order valence-electron chi connectivity index (χ1n) is 5.26. The second-order valence-electron chi connectivity index (χ2n) is 3.73. The van der Waals surface area contributed by atoms with E-state index in [0.717, 1.165) is 9.48 Å². The van der Waals surface area contributed by atoms with Crippen molar-refractivity contribution in [3.05, 3.63) is 44.8 Å². The van der Waals surface area contributed by atoms with Crippen molar-refractivity contribution in [2.45, 2.75) is 17.9 Å². The van der Waals surface area contributed by atoms with Crippen molar-refractivity contribution in [3.63, 3.8) is 0 Å². The van der Waals surface area contributed by atoms with Gasteiger partial charge in [0.2, 0.25) is 0 Å². The average Bonchev–Trinajstić information content (AvgIpc) is 2.81. The number of hydrogen-bond acceptors (Lipinski definition) is 4. The standard InChI is InChI=1S/C12H11BrN2OS2/c1-7(12-14-4-5-18-12)15-11(16)9-3-2-8(13)6-10(9)17/h2-7,17H,1H3,(H,15,16). The molecule has 1 unspecified atom stereocenters. The topological polar surface area (TPSA) is 42.0 Å². The fraction of sp³-hybridized carbons (Fsp3) is 0.167. The highest BCUT2D eigenvalue weighted by Crippen LogP contribution is 2.21. The fourth-order valence-corrected chi connectivity index (χ4v) is 2.98. The number of thiol groups is 1. The van der Waals surface area contributed by atoms with Crippen LogP contribution in [0.1, 0.15) is 28.3 Å². The summed E-state index contributed by atoms with van der Waals surface area (Å²) in [7, 11) is 0. The van der Waals surface area contributed by atoms with Crippen LogP contribution in [0.2, 0.25) is 0 Å². The molecule has 0 saturated heterocycles. The normalized spacial score (nSPS) is 12.2. The Bertz CT molecular complexity index is 557. The molecule has 1 N–H and O–H groups in total. The Morgan fingerprint density at radius 2 is 2.33 bits per heavy atom. The van der Waals surface area contributed by atoms with Gasteiger partial charge in [-0.3, -0.25) is 4.79 Å². The molecular formula is C12H11BrN2OS2. The molecule has 2 aromatic rings. The number of carbonyl (C=O) groups is 1. The van der Waals surface area contributed by atoms with Gasteiger partial charge in [0.1, 0.15) is 5.01 Å². The van der Waals surface area contributed by atoms with Gasteiger partial charge >= 0.3 is 0 Å². The van der Waals surface area contributed by atoms with Crippen LogP contribution >= 0.6 is 39.9 Å². The minimum Gasteiger partial charge on any atom is -0.343 e. The number of thiazole rings is 1. The zero-order chi connectivity index (χ0) is 13.1. The summed E-state index contributed by atoms with van der Waals surface area (Å²) in [4.78, 5) is 16.9. The highest BCUT2D eigenvalue weighted by Gasteiger charge is 2.15. The molecule has 1 atom stereocenters. The molecule has 0 spiro atoms. The first kappa shape index (κ1) is 13.6. The first-order valence-corrected chi connectivity index (χ1v) is 7.38. The number of nitrogens with zero attached hydrogens (tertiary/aromatic N) is 1. The summed E-state index contributed by atoms with van der Waals surface area (Å²) in [5, 5.41) is 5.68. The van der Waals surface area contributed by atoms with E-state index in [2.05, 4.69) is 38.9 Å². The molecule has 0 bridgehead atoms. The monoisotopic (exact) mass is 342 g/mol. The second-order valence-corrected chi connectivity index (χ2v) is 6.05. The number of aromatic nitrogens is 1. The highest BCUT2D eigenvalue weighted by molar-refractivity contribution is 9.10. The van der Waals surface area contributed by atoms with Crippen molar-refractivity contribution in [2.24, 2.45) is 0 Å². The van der Waals surface area contributed by atoms with Crippen LogP contribution in [0.4, 0.5) is 0 Å². The minimum atomic E-state index is -0.143. The molecule has 1 heterocycles. The number of hydrogen-bond donors (Lipinski definition) is 2. The summed E-state index contributed by atoms with van der Waals surface area (Å²) in [5.41, 5.74) is 0.560. The lowest BCUT2D eigenvalue weighted by Gasteiger charge is -2.12. The molecule has 0 aliphatic heterocycles. The molecular weight excluding hydrogens is 332 g/mol. The third kappa shape index (κ3) is 3.13. The molecule has 0 radical (unpaired) electrons. The van der Waals surface area contributed by atoms with Crippen LogP contribution in [0.3, 0.4) is 0 Å². The maximum absolute atomic E-state index is 12.1. The maximum Gasteiger partial charge on any atom is 0.252 e. The van der Waals surface area contributed by atoms with E-state index in [1.807, 2.05) is 18.4 Å². The number of nitrogens with one attached hydrogen (secondary N) is 1. The molecule has 0 aliphatic carbocycles. The minimum absolute atomic E-state index is 0.103. The van der Waals surface area contributed by atoms with Gasteiger partial charge in [-0.05, 0) is 25.1 Å². The van der Waals surface area contributed by atoms with Crippen LogP contribution in [0.5, 0.6) is 0 Å². The SMILES string of the molecule is CC(NC(=O)c1ccc(Br)cc1S)c1nccs1. The number of halogens is 1. The van der Waals surface area contributed by atoms with Crippen LogP contribution in [-0.4, -0.2) is 10.9 Å². The fourth-order valence-electron chi connectivity index (χ4n) is 1.48. The van der Waals surface area contributed by atoms with Gasteiger partial charge < -0.3 is 5.32 Å². The van der Waals surface area contributed by atoms with Gasteiger partial charge in [-0.1, -0.05) is 15.9 Å². The van der Waals surface area contributed by atoms with E-state index >= 15 is 0 Å². The zero-order valence-electron chi connectivity index (χ0n) is 9.55. The van der Waals surface area contributed by atoms with Gasteiger partial charge in [0, 0.05) is 20.9 Å². The Kier molecular flexibility index (Phi) is 4.42. The summed E-state index contributed by atoms with van der Waals surface area (Å²) >= 11 is 9.16. The lowest BCUT2D eigenvalue weighted by Crippen LogP contribution is -2.26. The van der Waals surface area contributed by atoms with E-state index in [4.69, 9.17) is 0 Å². The predicted octanol–water partition coefficient (Wildman–Crippen LogP) is 3.69. The number of rotatable bonds is 3. The lowest BCUT2D eigenvalue weighted by molar-refractivity contribution is 0.0937. The second kappa shape index (κ2) is 5.86. The molecule has 1 aromatic carbocycles. The third-order valence-electron chi connectivity index (χ3n) is 2.37. The van der Waals surface area contributed by atoms with Crippen LogP contribution in [0.25, 0.3) is 0 Å². The Balaban J connectivity index is 2.12. The van der Waals surface area contributed by atoms with Crippen LogP contribution in [0.15, 0.2) is 39.1 Å². The average molecular weight is 343 g/mol. The maximum atomic E-state index is 12.1. The Morgan fingerprint density at radius 3 is 2.94 bits per heavy atom. The molecule has 0 saturated carbocycles. The molecule has 18 heavy (non-hydrogen) atoms. The number of amides is 1. The summed E-state index contributed by atoms with van der Waals surface area (Å²) < 4.78 is 0.900. The Labute approximate surface area is 123 Å². The van der Waals surface area contributed by atoms with Crippen molar-refractivity contribution in [3.8, 4) is 0 Å². The number of carbonyl (C=O) groups excluding carboxylic acids is 1.